The Morgan fingerprint density at radius 1 is 1.50 bits per heavy atom. The Labute approximate surface area is 97.2 Å². The largest absolute Gasteiger partial charge is 0.396 e. The fourth-order valence-corrected chi connectivity index (χ4v) is 2.08. The van der Waals surface area contributed by atoms with Crippen molar-refractivity contribution in [3.8, 4) is 0 Å². The normalized spacial score (nSPS) is 12.9. The molecular formula is C10H13BrClNO. The molecule has 2 nitrogen and oxygen atoms in total. The molecule has 14 heavy (non-hydrogen) atoms. The quantitative estimate of drug-likeness (QED) is 0.889. The van der Waals surface area contributed by atoms with Crippen LogP contribution < -0.4 is 5.73 Å². The Bertz CT molecular complexity index is 306. The lowest BCUT2D eigenvalue weighted by Gasteiger charge is -2.13. The van der Waals surface area contributed by atoms with Gasteiger partial charge in [-0.3, -0.25) is 0 Å². The molecule has 78 valence electrons. The molecular weight excluding hydrogens is 265 g/mol. The molecule has 0 bridgehead atoms. The molecule has 1 aromatic rings. The highest BCUT2D eigenvalue weighted by Crippen LogP contribution is 2.27. The zero-order valence-corrected chi connectivity index (χ0v) is 10.1. The molecule has 0 unspecified atom stereocenters. The molecule has 0 aliphatic carbocycles. The number of hydrogen-bond donors (Lipinski definition) is 2. The van der Waals surface area contributed by atoms with Crippen LogP contribution in [0.1, 0.15) is 24.4 Å². The average Bonchev–Trinajstić information content (AvgIpc) is 2.14. The molecule has 1 atom stereocenters. The second-order valence-corrected chi connectivity index (χ2v) is 4.46. The number of rotatable bonds is 4. The van der Waals surface area contributed by atoms with Crippen molar-refractivity contribution in [3.05, 3.63) is 33.3 Å². The summed E-state index contributed by atoms with van der Waals surface area (Å²) in [6.07, 6.45) is 1.45. The number of benzene rings is 1. The highest BCUT2D eigenvalue weighted by molar-refractivity contribution is 9.10. The Kier molecular flexibility index (Phi) is 4.89. The van der Waals surface area contributed by atoms with Gasteiger partial charge >= 0.3 is 0 Å². The van der Waals surface area contributed by atoms with Gasteiger partial charge in [-0.25, -0.2) is 0 Å². The SMILES string of the molecule is N[C@@H](CCCO)c1ccc(Br)cc1Cl. The van der Waals surface area contributed by atoms with E-state index < -0.39 is 0 Å². The van der Waals surface area contributed by atoms with Crippen LogP contribution in [0.25, 0.3) is 0 Å². The van der Waals surface area contributed by atoms with Crippen molar-refractivity contribution in [3.63, 3.8) is 0 Å². The number of aliphatic hydroxyl groups is 1. The van der Waals surface area contributed by atoms with E-state index in [1.54, 1.807) is 0 Å². The lowest BCUT2D eigenvalue weighted by Crippen LogP contribution is -2.11. The maximum Gasteiger partial charge on any atom is 0.0464 e. The third-order valence-electron chi connectivity index (χ3n) is 2.04. The first-order valence-electron chi connectivity index (χ1n) is 4.46. The molecule has 0 heterocycles. The van der Waals surface area contributed by atoms with E-state index in [2.05, 4.69) is 15.9 Å². The fraction of sp³-hybridized carbons (Fsp3) is 0.400. The molecule has 0 aliphatic heterocycles. The number of nitrogens with two attached hydrogens (primary N) is 1. The first-order chi connectivity index (χ1) is 6.65. The van der Waals surface area contributed by atoms with Crippen molar-refractivity contribution in [2.24, 2.45) is 5.73 Å². The van der Waals surface area contributed by atoms with Crippen LogP contribution in [-0.2, 0) is 0 Å². The molecule has 0 saturated heterocycles. The summed E-state index contributed by atoms with van der Waals surface area (Å²) in [5.74, 6) is 0. The van der Waals surface area contributed by atoms with Crippen LogP contribution in [0.4, 0.5) is 0 Å². The van der Waals surface area contributed by atoms with Gasteiger partial charge in [-0.1, -0.05) is 33.6 Å². The van der Waals surface area contributed by atoms with Gasteiger partial charge in [0.2, 0.25) is 0 Å². The first-order valence-corrected chi connectivity index (χ1v) is 5.63. The van der Waals surface area contributed by atoms with Crippen molar-refractivity contribution in [2.45, 2.75) is 18.9 Å². The predicted molar refractivity (Wildman–Crippen MR) is 62.4 cm³/mol. The van der Waals surface area contributed by atoms with E-state index in [-0.39, 0.29) is 12.6 Å². The average molecular weight is 279 g/mol. The van der Waals surface area contributed by atoms with Crippen molar-refractivity contribution in [1.29, 1.82) is 0 Å². The van der Waals surface area contributed by atoms with Gasteiger partial charge in [-0.2, -0.15) is 0 Å². The van der Waals surface area contributed by atoms with Crippen LogP contribution in [0, 0.1) is 0 Å². The monoisotopic (exact) mass is 277 g/mol. The Balaban J connectivity index is 2.74. The molecule has 0 fully saturated rings. The molecule has 4 heteroatoms. The van der Waals surface area contributed by atoms with Crippen LogP contribution >= 0.6 is 27.5 Å². The van der Waals surface area contributed by atoms with Gasteiger partial charge in [0.05, 0.1) is 0 Å². The van der Waals surface area contributed by atoms with E-state index in [0.29, 0.717) is 11.4 Å². The molecule has 1 rings (SSSR count). The highest BCUT2D eigenvalue weighted by Gasteiger charge is 2.09. The zero-order chi connectivity index (χ0) is 10.6. The van der Waals surface area contributed by atoms with E-state index >= 15 is 0 Å². The summed E-state index contributed by atoms with van der Waals surface area (Å²) in [7, 11) is 0. The highest BCUT2D eigenvalue weighted by atomic mass is 79.9. The van der Waals surface area contributed by atoms with Gasteiger partial charge in [0.15, 0.2) is 0 Å². The van der Waals surface area contributed by atoms with E-state index in [9.17, 15) is 0 Å². The minimum Gasteiger partial charge on any atom is -0.396 e. The first kappa shape index (κ1) is 12.0. The van der Waals surface area contributed by atoms with E-state index in [4.69, 9.17) is 22.4 Å². The minimum absolute atomic E-state index is 0.0947. The van der Waals surface area contributed by atoms with Gasteiger partial charge in [-0.15, -0.1) is 0 Å². The minimum atomic E-state index is -0.0947. The Morgan fingerprint density at radius 2 is 2.21 bits per heavy atom. The second kappa shape index (κ2) is 5.71. The topological polar surface area (TPSA) is 46.2 Å². The smallest absolute Gasteiger partial charge is 0.0464 e. The van der Waals surface area contributed by atoms with Gasteiger partial charge in [0.1, 0.15) is 0 Å². The summed E-state index contributed by atoms with van der Waals surface area (Å²) < 4.78 is 0.945. The lowest BCUT2D eigenvalue weighted by atomic mass is 10.0. The molecule has 0 radical (unpaired) electrons. The molecule has 0 aliphatic rings. The maximum absolute atomic E-state index is 8.68. The van der Waals surface area contributed by atoms with E-state index in [1.165, 1.54) is 0 Å². The standard InChI is InChI=1S/C10H13BrClNO/c11-7-3-4-8(9(12)6-7)10(13)2-1-5-14/h3-4,6,10,14H,1-2,5,13H2/t10-/m0/s1. The molecule has 3 N–H and O–H groups in total. The van der Waals surface area contributed by atoms with Crippen molar-refractivity contribution in [2.75, 3.05) is 6.61 Å². The summed E-state index contributed by atoms with van der Waals surface area (Å²) in [6.45, 7) is 0.168. The molecule has 0 saturated carbocycles. The van der Waals surface area contributed by atoms with Crippen LogP contribution in [0.2, 0.25) is 5.02 Å². The summed E-state index contributed by atoms with van der Waals surface area (Å²) >= 11 is 9.36. The van der Waals surface area contributed by atoms with Crippen LogP contribution in [0.15, 0.2) is 22.7 Å². The van der Waals surface area contributed by atoms with Crippen molar-refractivity contribution in [1.82, 2.24) is 0 Å². The van der Waals surface area contributed by atoms with Gasteiger partial charge in [0, 0.05) is 22.1 Å². The third kappa shape index (κ3) is 3.24. The summed E-state index contributed by atoms with van der Waals surface area (Å²) in [5.41, 5.74) is 6.85. The number of halogens is 2. The molecule has 1 aromatic carbocycles. The van der Waals surface area contributed by atoms with E-state index in [0.717, 1.165) is 16.5 Å². The summed E-state index contributed by atoms with van der Waals surface area (Å²) in [4.78, 5) is 0. The van der Waals surface area contributed by atoms with Gasteiger partial charge in [0.25, 0.3) is 0 Å². The van der Waals surface area contributed by atoms with Crippen LogP contribution in [0.5, 0.6) is 0 Å². The zero-order valence-electron chi connectivity index (χ0n) is 7.71. The van der Waals surface area contributed by atoms with Gasteiger partial charge in [-0.05, 0) is 30.5 Å². The number of aliphatic hydroxyl groups excluding tert-OH is 1. The van der Waals surface area contributed by atoms with Gasteiger partial charge < -0.3 is 10.8 Å². The maximum atomic E-state index is 8.68. The van der Waals surface area contributed by atoms with E-state index in [1.807, 2.05) is 18.2 Å². The molecule has 0 spiro atoms. The Morgan fingerprint density at radius 3 is 2.79 bits per heavy atom. The number of hydrogen-bond acceptors (Lipinski definition) is 2. The Hall–Kier alpha value is -0.0900. The molecule has 0 aromatic heterocycles. The summed E-state index contributed by atoms with van der Waals surface area (Å²) in [6, 6.07) is 5.56. The molecule has 0 amide bonds. The lowest BCUT2D eigenvalue weighted by molar-refractivity contribution is 0.280. The summed E-state index contributed by atoms with van der Waals surface area (Å²) in [5, 5.41) is 9.35. The van der Waals surface area contributed by atoms with Crippen LogP contribution in [-0.4, -0.2) is 11.7 Å². The second-order valence-electron chi connectivity index (χ2n) is 3.14. The van der Waals surface area contributed by atoms with Crippen molar-refractivity contribution >= 4 is 27.5 Å². The fourth-order valence-electron chi connectivity index (χ4n) is 1.27. The third-order valence-corrected chi connectivity index (χ3v) is 2.86. The predicted octanol–water partition coefficient (Wildman–Crippen LogP) is 2.87. The van der Waals surface area contributed by atoms with Crippen LogP contribution in [0.3, 0.4) is 0 Å². The van der Waals surface area contributed by atoms with Crippen molar-refractivity contribution < 1.29 is 5.11 Å².